The van der Waals surface area contributed by atoms with Crippen molar-refractivity contribution in [1.29, 1.82) is 0 Å². The van der Waals surface area contributed by atoms with Crippen LogP contribution in [-0.2, 0) is 13.5 Å². The zero-order valence-electron chi connectivity index (χ0n) is 16.7. The van der Waals surface area contributed by atoms with Crippen molar-refractivity contribution in [2.45, 2.75) is 20.3 Å². The lowest BCUT2D eigenvalue weighted by molar-refractivity contribution is 0.0738. The summed E-state index contributed by atoms with van der Waals surface area (Å²) in [6.07, 6.45) is 0.695. The van der Waals surface area contributed by atoms with E-state index in [1.165, 1.54) is 6.07 Å². The second kappa shape index (κ2) is 7.65. The summed E-state index contributed by atoms with van der Waals surface area (Å²) in [4.78, 5) is 16.7. The maximum Gasteiger partial charge on any atom is 0.318 e. The van der Waals surface area contributed by atoms with Gasteiger partial charge >= 0.3 is 6.01 Å². The fourth-order valence-electron chi connectivity index (χ4n) is 3.42. The Morgan fingerprint density at radius 1 is 1.17 bits per heavy atom. The van der Waals surface area contributed by atoms with Crippen LogP contribution in [0.3, 0.4) is 0 Å². The van der Waals surface area contributed by atoms with Gasteiger partial charge in [0, 0.05) is 45.2 Å². The molecule has 1 aromatic carbocycles. The number of anilines is 1. The van der Waals surface area contributed by atoms with Crippen molar-refractivity contribution in [1.82, 2.24) is 24.9 Å². The summed E-state index contributed by atoms with van der Waals surface area (Å²) in [7, 11) is 1.78. The number of hydrogen-bond donors (Lipinski definition) is 0. The molecule has 0 saturated carbocycles. The van der Waals surface area contributed by atoms with Crippen LogP contribution in [-0.4, -0.2) is 57.0 Å². The number of piperazine rings is 1. The number of aromatic nitrogens is 4. The molecule has 4 rings (SSSR count). The first-order chi connectivity index (χ1) is 14.0. The molecule has 1 fully saturated rings. The van der Waals surface area contributed by atoms with Gasteiger partial charge in [-0.15, -0.1) is 5.10 Å². The van der Waals surface area contributed by atoms with Gasteiger partial charge in [-0.05, 0) is 36.8 Å². The molecule has 0 bridgehead atoms. The molecule has 3 heterocycles. The number of carbonyl (C=O) groups excluding carboxylic acids is 1. The van der Waals surface area contributed by atoms with Crippen molar-refractivity contribution in [3.8, 4) is 11.3 Å². The molecule has 29 heavy (non-hydrogen) atoms. The van der Waals surface area contributed by atoms with E-state index >= 15 is 0 Å². The standard InChI is InChI=1S/C20H23FN6O2/c1-4-18-22-23-20(29-18)27-9-7-26(8-10-27)19(28)16-12-17(25(3)24-16)14-5-6-15(21)13(2)11-14/h5-6,11-12H,4,7-10H2,1-3H3. The molecular formula is C20H23FN6O2. The smallest absolute Gasteiger partial charge is 0.318 e. The average molecular weight is 398 g/mol. The van der Waals surface area contributed by atoms with Gasteiger partial charge in [-0.3, -0.25) is 9.48 Å². The zero-order chi connectivity index (χ0) is 20.5. The van der Waals surface area contributed by atoms with Gasteiger partial charge in [0.1, 0.15) is 5.82 Å². The molecule has 8 nitrogen and oxygen atoms in total. The maximum absolute atomic E-state index is 13.6. The molecule has 152 valence electrons. The summed E-state index contributed by atoms with van der Waals surface area (Å²) >= 11 is 0. The number of nitrogens with zero attached hydrogens (tertiary/aromatic N) is 6. The van der Waals surface area contributed by atoms with Gasteiger partial charge < -0.3 is 14.2 Å². The van der Waals surface area contributed by atoms with Crippen LogP contribution in [0.4, 0.5) is 10.4 Å². The Morgan fingerprint density at radius 3 is 2.59 bits per heavy atom. The highest BCUT2D eigenvalue weighted by atomic mass is 19.1. The summed E-state index contributed by atoms with van der Waals surface area (Å²) in [5.41, 5.74) is 2.53. The molecule has 1 saturated heterocycles. The highest BCUT2D eigenvalue weighted by Gasteiger charge is 2.26. The van der Waals surface area contributed by atoms with Crippen molar-refractivity contribution >= 4 is 11.9 Å². The van der Waals surface area contributed by atoms with E-state index in [-0.39, 0.29) is 11.7 Å². The predicted octanol–water partition coefficient (Wildman–Crippen LogP) is 2.44. The molecule has 9 heteroatoms. The Labute approximate surface area is 167 Å². The number of rotatable bonds is 4. The third-order valence-electron chi connectivity index (χ3n) is 5.15. The summed E-state index contributed by atoms with van der Waals surface area (Å²) in [6.45, 7) is 6.01. The first kappa shape index (κ1) is 19.1. The topological polar surface area (TPSA) is 80.3 Å². The second-order valence-corrected chi connectivity index (χ2v) is 7.11. The van der Waals surface area contributed by atoms with Crippen LogP contribution in [0, 0.1) is 12.7 Å². The second-order valence-electron chi connectivity index (χ2n) is 7.11. The molecule has 0 aliphatic carbocycles. The van der Waals surface area contributed by atoms with Gasteiger partial charge in [-0.1, -0.05) is 12.0 Å². The number of aryl methyl sites for hydroxylation is 3. The van der Waals surface area contributed by atoms with E-state index < -0.39 is 0 Å². The van der Waals surface area contributed by atoms with Crippen molar-refractivity contribution in [2.24, 2.45) is 7.05 Å². The predicted molar refractivity (Wildman–Crippen MR) is 105 cm³/mol. The van der Waals surface area contributed by atoms with Crippen LogP contribution in [0.1, 0.15) is 28.9 Å². The molecule has 1 aliphatic rings. The van der Waals surface area contributed by atoms with Crippen LogP contribution in [0.25, 0.3) is 11.3 Å². The van der Waals surface area contributed by atoms with Crippen LogP contribution >= 0.6 is 0 Å². The van der Waals surface area contributed by atoms with E-state index in [9.17, 15) is 9.18 Å². The van der Waals surface area contributed by atoms with Crippen LogP contribution < -0.4 is 4.90 Å². The first-order valence-corrected chi connectivity index (χ1v) is 9.63. The minimum atomic E-state index is -0.252. The first-order valence-electron chi connectivity index (χ1n) is 9.63. The van der Waals surface area contributed by atoms with E-state index in [2.05, 4.69) is 15.3 Å². The summed E-state index contributed by atoms with van der Waals surface area (Å²) in [5.74, 6) is 0.234. The Bertz CT molecular complexity index is 1040. The summed E-state index contributed by atoms with van der Waals surface area (Å²) in [5, 5.41) is 12.4. The molecule has 2 aromatic heterocycles. The van der Waals surface area contributed by atoms with Crippen molar-refractivity contribution in [2.75, 3.05) is 31.1 Å². The molecule has 0 N–H and O–H groups in total. The quantitative estimate of drug-likeness (QED) is 0.672. The number of carbonyl (C=O) groups is 1. The van der Waals surface area contributed by atoms with E-state index in [0.717, 1.165) is 11.3 Å². The Balaban J connectivity index is 1.46. The lowest BCUT2D eigenvalue weighted by Crippen LogP contribution is -2.49. The summed E-state index contributed by atoms with van der Waals surface area (Å²) < 4.78 is 20.8. The summed E-state index contributed by atoms with van der Waals surface area (Å²) in [6, 6.07) is 7.14. The Kier molecular flexibility index (Phi) is 5.04. The van der Waals surface area contributed by atoms with Gasteiger partial charge in [0.15, 0.2) is 5.69 Å². The molecule has 0 spiro atoms. The molecule has 0 atom stereocenters. The number of hydrogen-bond acceptors (Lipinski definition) is 6. The fourth-order valence-corrected chi connectivity index (χ4v) is 3.42. The monoisotopic (exact) mass is 398 g/mol. The molecule has 0 radical (unpaired) electrons. The average Bonchev–Trinajstić information content (AvgIpc) is 3.36. The van der Waals surface area contributed by atoms with Crippen molar-refractivity contribution < 1.29 is 13.6 Å². The van der Waals surface area contributed by atoms with Crippen LogP contribution in [0.2, 0.25) is 0 Å². The number of benzene rings is 1. The highest BCUT2D eigenvalue weighted by molar-refractivity contribution is 5.93. The lowest BCUT2D eigenvalue weighted by Gasteiger charge is -2.33. The third-order valence-corrected chi connectivity index (χ3v) is 5.15. The van der Waals surface area contributed by atoms with Crippen LogP contribution in [0.15, 0.2) is 28.7 Å². The minimum Gasteiger partial charge on any atom is -0.408 e. The maximum atomic E-state index is 13.6. The normalized spacial score (nSPS) is 14.5. The van der Waals surface area contributed by atoms with Gasteiger partial charge in [0.05, 0.1) is 5.69 Å². The third kappa shape index (κ3) is 3.72. The van der Waals surface area contributed by atoms with Gasteiger partial charge in [-0.2, -0.15) is 5.10 Å². The largest absolute Gasteiger partial charge is 0.408 e. The fraction of sp³-hybridized carbons (Fsp3) is 0.400. The SMILES string of the molecule is CCc1nnc(N2CCN(C(=O)c3cc(-c4ccc(F)c(C)c4)n(C)n3)CC2)o1. The van der Waals surface area contributed by atoms with Gasteiger partial charge in [0.2, 0.25) is 5.89 Å². The Hall–Kier alpha value is -3.23. The number of halogens is 1. The van der Waals surface area contributed by atoms with Gasteiger partial charge in [0.25, 0.3) is 5.91 Å². The number of amides is 1. The minimum absolute atomic E-state index is 0.120. The molecule has 3 aromatic rings. The van der Waals surface area contributed by atoms with E-state index in [1.807, 2.05) is 11.8 Å². The highest BCUT2D eigenvalue weighted by Crippen LogP contribution is 2.23. The molecule has 0 unspecified atom stereocenters. The molecular weight excluding hydrogens is 375 g/mol. The van der Waals surface area contributed by atoms with E-state index in [1.54, 1.807) is 41.8 Å². The van der Waals surface area contributed by atoms with E-state index in [4.69, 9.17) is 4.42 Å². The van der Waals surface area contributed by atoms with Crippen LogP contribution in [0.5, 0.6) is 0 Å². The zero-order valence-corrected chi connectivity index (χ0v) is 16.7. The van der Waals surface area contributed by atoms with Crippen molar-refractivity contribution in [3.63, 3.8) is 0 Å². The molecule has 1 aliphatic heterocycles. The lowest BCUT2D eigenvalue weighted by atomic mass is 10.1. The molecule has 1 amide bonds. The van der Waals surface area contributed by atoms with Gasteiger partial charge in [-0.25, -0.2) is 4.39 Å². The van der Waals surface area contributed by atoms with Crippen molar-refractivity contribution in [3.05, 3.63) is 47.2 Å². The Morgan fingerprint density at radius 2 is 1.93 bits per heavy atom. The van der Waals surface area contributed by atoms with E-state index in [0.29, 0.717) is 55.8 Å².